The van der Waals surface area contributed by atoms with Gasteiger partial charge in [0.15, 0.2) is 11.5 Å². The summed E-state index contributed by atoms with van der Waals surface area (Å²) in [6.45, 7) is 0.245. The maximum atomic E-state index is 13.3. The van der Waals surface area contributed by atoms with E-state index < -0.39 is 5.41 Å². The average molecular weight is 316 g/mol. The van der Waals surface area contributed by atoms with Crippen molar-refractivity contribution < 1.29 is 19.0 Å². The van der Waals surface area contributed by atoms with Crippen molar-refractivity contribution in [1.29, 1.82) is 0 Å². The first kappa shape index (κ1) is 15.0. The van der Waals surface area contributed by atoms with E-state index >= 15 is 0 Å². The topological polar surface area (TPSA) is 44.8 Å². The number of para-hydroxylation sites is 1. The van der Waals surface area contributed by atoms with Crippen LogP contribution in [0, 0.1) is 5.92 Å². The molecule has 2 saturated carbocycles. The van der Waals surface area contributed by atoms with E-state index in [0.717, 1.165) is 55.6 Å². The molecule has 1 aliphatic heterocycles. The van der Waals surface area contributed by atoms with Crippen LogP contribution in [0.15, 0.2) is 18.2 Å². The van der Waals surface area contributed by atoms with Crippen molar-refractivity contribution in [3.8, 4) is 11.5 Å². The van der Waals surface area contributed by atoms with Gasteiger partial charge in [-0.2, -0.15) is 0 Å². The zero-order chi connectivity index (χ0) is 15.9. The van der Waals surface area contributed by atoms with Crippen LogP contribution >= 0.6 is 0 Å². The highest BCUT2D eigenvalue weighted by molar-refractivity contribution is 5.92. The molecule has 4 rings (SSSR count). The molecule has 4 heteroatoms. The summed E-state index contributed by atoms with van der Waals surface area (Å²) >= 11 is 0. The molecule has 0 saturated heterocycles. The molecule has 1 aromatic rings. The third-order valence-electron chi connectivity index (χ3n) is 6.00. The van der Waals surface area contributed by atoms with Gasteiger partial charge >= 0.3 is 0 Å². The van der Waals surface area contributed by atoms with Gasteiger partial charge < -0.3 is 14.2 Å². The highest BCUT2D eigenvalue weighted by atomic mass is 16.7. The number of hydrogen-bond acceptors (Lipinski definition) is 4. The van der Waals surface area contributed by atoms with Crippen LogP contribution in [0.4, 0.5) is 0 Å². The largest absolute Gasteiger partial charge is 0.454 e. The number of benzene rings is 1. The highest BCUT2D eigenvalue weighted by Crippen LogP contribution is 2.54. The summed E-state index contributed by atoms with van der Waals surface area (Å²) in [4.78, 5) is 13.3. The van der Waals surface area contributed by atoms with Crippen LogP contribution in [0.5, 0.6) is 11.5 Å². The monoisotopic (exact) mass is 316 g/mol. The summed E-state index contributed by atoms with van der Waals surface area (Å²) < 4.78 is 17.0. The second-order valence-corrected chi connectivity index (χ2v) is 7.02. The summed E-state index contributed by atoms with van der Waals surface area (Å²) in [6, 6.07) is 5.99. The quantitative estimate of drug-likeness (QED) is 0.836. The fourth-order valence-corrected chi connectivity index (χ4v) is 4.86. The van der Waals surface area contributed by atoms with E-state index in [2.05, 4.69) is 6.07 Å². The lowest BCUT2D eigenvalue weighted by Crippen LogP contribution is -2.48. The highest BCUT2D eigenvalue weighted by Gasteiger charge is 2.52. The van der Waals surface area contributed by atoms with Crippen LogP contribution in [0.2, 0.25) is 0 Å². The standard InChI is InChI=1S/C19H24O4/c1-21-14-10-9-13-5-2-3-8-17(20)19(13,11-14)15-6-4-7-16-18(15)23-12-22-16/h4,6-7,13-14H,2-3,5,8-12H2,1H3/t13-,14+,19+/m0/s1. The molecule has 4 nitrogen and oxygen atoms in total. The third-order valence-corrected chi connectivity index (χ3v) is 6.00. The smallest absolute Gasteiger partial charge is 0.231 e. The molecule has 3 atom stereocenters. The lowest BCUT2D eigenvalue weighted by Gasteiger charge is -2.45. The van der Waals surface area contributed by atoms with Crippen molar-refractivity contribution in [3.05, 3.63) is 23.8 Å². The van der Waals surface area contributed by atoms with E-state index in [1.807, 2.05) is 12.1 Å². The van der Waals surface area contributed by atoms with E-state index in [-0.39, 0.29) is 12.9 Å². The van der Waals surface area contributed by atoms with Crippen LogP contribution in [0.3, 0.4) is 0 Å². The van der Waals surface area contributed by atoms with Crippen LogP contribution in [-0.2, 0) is 14.9 Å². The number of ether oxygens (including phenoxy) is 3. The van der Waals surface area contributed by atoms with Gasteiger partial charge in [-0.15, -0.1) is 0 Å². The minimum atomic E-state index is -0.464. The van der Waals surface area contributed by atoms with Gasteiger partial charge in [-0.3, -0.25) is 4.79 Å². The minimum Gasteiger partial charge on any atom is -0.454 e. The van der Waals surface area contributed by atoms with E-state index in [1.54, 1.807) is 7.11 Å². The molecule has 0 unspecified atom stereocenters. The molecule has 124 valence electrons. The van der Waals surface area contributed by atoms with Crippen LogP contribution < -0.4 is 9.47 Å². The predicted octanol–water partition coefficient (Wildman–Crippen LogP) is 3.61. The summed E-state index contributed by atoms with van der Waals surface area (Å²) in [6.07, 6.45) is 6.93. The molecule has 0 amide bonds. The molecule has 0 spiro atoms. The SMILES string of the molecule is CO[C@@H]1CC[C@@H]2CCCCC(=O)[C@]2(c2cccc3c2OCO3)C1. The van der Waals surface area contributed by atoms with Gasteiger partial charge in [-0.05, 0) is 44.1 Å². The zero-order valence-electron chi connectivity index (χ0n) is 13.7. The average Bonchev–Trinajstić information content (AvgIpc) is 3.00. The van der Waals surface area contributed by atoms with Gasteiger partial charge in [0.2, 0.25) is 6.79 Å². The Morgan fingerprint density at radius 1 is 1.17 bits per heavy atom. The number of ketones is 1. The van der Waals surface area contributed by atoms with E-state index in [0.29, 0.717) is 18.1 Å². The number of hydrogen-bond donors (Lipinski definition) is 0. The molecule has 1 heterocycles. The Bertz CT molecular complexity index is 611. The van der Waals surface area contributed by atoms with E-state index in [9.17, 15) is 4.79 Å². The lowest BCUT2D eigenvalue weighted by molar-refractivity contribution is -0.130. The summed E-state index contributed by atoms with van der Waals surface area (Å²) in [5.41, 5.74) is 0.570. The Labute approximate surface area is 137 Å². The lowest BCUT2D eigenvalue weighted by atomic mass is 9.58. The van der Waals surface area contributed by atoms with Gasteiger partial charge in [0.25, 0.3) is 0 Å². The number of fused-ring (bicyclic) bond motifs is 2. The van der Waals surface area contributed by atoms with Gasteiger partial charge in [-0.1, -0.05) is 18.6 Å². The number of methoxy groups -OCH3 is 1. The van der Waals surface area contributed by atoms with Crippen molar-refractivity contribution in [2.75, 3.05) is 13.9 Å². The summed E-state index contributed by atoms with van der Waals surface area (Å²) in [5, 5.41) is 0. The number of carbonyl (C=O) groups is 1. The maximum Gasteiger partial charge on any atom is 0.231 e. The van der Waals surface area contributed by atoms with Crippen LogP contribution in [0.1, 0.15) is 50.5 Å². The fraction of sp³-hybridized carbons (Fsp3) is 0.632. The number of rotatable bonds is 2. The van der Waals surface area contributed by atoms with Gasteiger partial charge in [0, 0.05) is 19.1 Å². The first-order chi connectivity index (χ1) is 11.3. The maximum absolute atomic E-state index is 13.3. The minimum absolute atomic E-state index is 0.145. The zero-order valence-corrected chi connectivity index (χ0v) is 13.7. The Morgan fingerprint density at radius 3 is 2.96 bits per heavy atom. The van der Waals surface area contributed by atoms with Crippen molar-refractivity contribution in [3.63, 3.8) is 0 Å². The van der Waals surface area contributed by atoms with Crippen molar-refractivity contribution >= 4 is 5.78 Å². The van der Waals surface area contributed by atoms with Gasteiger partial charge in [0.05, 0.1) is 11.5 Å². The molecule has 2 aliphatic carbocycles. The third kappa shape index (κ3) is 2.26. The molecule has 3 aliphatic rings. The Kier molecular flexibility index (Phi) is 3.80. The molecular weight excluding hydrogens is 292 g/mol. The van der Waals surface area contributed by atoms with Crippen molar-refractivity contribution in [1.82, 2.24) is 0 Å². The molecular formula is C19H24O4. The van der Waals surface area contributed by atoms with Crippen molar-refractivity contribution in [2.45, 2.75) is 56.5 Å². The number of Topliss-reactive ketones (excluding diaryl/α,β-unsaturated/α-hetero) is 1. The van der Waals surface area contributed by atoms with Crippen LogP contribution in [0.25, 0.3) is 0 Å². The second-order valence-electron chi connectivity index (χ2n) is 7.02. The van der Waals surface area contributed by atoms with Crippen LogP contribution in [-0.4, -0.2) is 25.8 Å². The summed E-state index contributed by atoms with van der Waals surface area (Å²) in [7, 11) is 1.76. The molecule has 0 N–H and O–H groups in total. The van der Waals surface area contributed by atoms with Gasteiger partial charge in [-0.25, -0.2) is 0 Å². The number of carbonyl (C=O) groups excluding carboxylic acids is 1. The molecule has 0 radical (unpaired) electrons. The molecule has 1 aromatic carbocycles. The first-order valence-corrected chi connectivity index (χ1v) is 8.71. The molecule has 0 aromatic heterocycles. The molecule has 23 heavy (non-hydrogen) atoms. The van der Waals surface area contributed by atoms with E-state index in [4.69, 9.17) is 14.2 Å². The molecule has 0 bridgehead atoms. The van der Waals surface area contributed by atoms with Gasteiger partial charge in [0.1, 0.15) is 5.78 Å². The Balaban J connectivity index is 1.87. The van der Waals surface area contributed by atoms with E-state index in [1.165, 1.54) is 0 Å². The fourth-order valence-electron chi connectivity index (χ4n) is 4.86. The Hall–Kier alpha value is -1.55. The summed E-state index contributed by atoms with van der Waals surface area (Å²) in [5.74, 6) is 2.31. The Morgan fingerprint density at radius 2 is 2.09 bits per heavy atom. The normalized spacial score (nSPS) is 33.2. The van der Waals surface area contributed by atoms with Crippen molar-refractivity contribution in [2.24, 2.45) is 5.92 Å². The predicted molar refractivity (Wildman–Crippen MR) is 85.9 cm³/mol. The molecule has 2 fully saturated rings. The second kappa shape index (κ2) is 5.82. The first-order valence-electron chi connectivity index (χ1n) is 8.71.